The van der Waals surface area contributed by atoms with Gasteiger partial charge < -0.3 is 15.5 Å². The van der Waals surface area contributed by atoms with Gasteiger partial charge >= 0.3 is 0 Å². The van der Waals surface area contributed by atoms with Crippen molar-refractivity contribution < 1.29 is 14.4 Å². The maximum absolute atomic E-state index is 12.7. The Balaban J connectivity index is 1.57. The van der Waals surface area contributed by atoms with Gasteiger partial charge in [0.2, 0.25) is 17.7 Å². The van der Waals surface area contributed by atoms with Crippen LogP contribution in [-0.4, -0.2) is 30.8 Å². The molecule has 0 unspecified atom stereocenters. The van der Waals surface area contributed by atoms with E-state index in [1.165, 1.54) is 4.90 Å². The third kappa shape index (κ3) is 5.29. The van der Waals surface area contributed by atoms with E-state index in [-0.39, 0.29) is 18.4 Å². The molecule has 1 atom stereocenters. The summed E-state index contributed by atoms with van der Waals surface area (Å²) in [6.07, 6.45) is 0.349. The Bertz CT molecular complexity index is 963. The van der Waals surface area contributed by atoms with E-state index < -0.39 is 11.8 Å². The number of benzene rings is 2. The zero-order valence-corrected chi connectivity index (χ0v) is 18.6. The summed E-state index contributed by atoms with van der Waals surface area (Å²) in [6, 6.07) is 10.3. The molecule has 1 aliphatic heterocycles. The highest BCUT2D eigenvalue weighted by molar-refractivity contribution is 9.10. The molecule has 6 nitrogen and oxygen atoms in total. The van der Waals surface area contributed by atoms with Gasteiger partial charge in [-0.2, -0.15) is 0 Å². The Morgan fingerprint density at radius 1 is 1.17 bits per heavy atom. The fourth-order valence-electron chi connectivity index (χ4n) is 3.13. The van der Waals surface area contributed by atoms with Crippen LogP contribution in [0.15, 0.2) is 40.9 Å². The van der Waals surface area contributed by atoms with E-state index in [1.807, 2.05) is 19.1 Å². The van der Waals surface area contributed by atoms with E-state index in [9.17, 15) is 14.4 Å². The Kier molecular flexibility index (Phi) is 6.82. The lowest BCUT2D eigenvalue weighted by Crippen LogP contribution is -2.40. The van der Waals surface area contributed by atoms with Gasteiger partial charge in [0.25, 0.3) is 0 Å². The van der Waals surface area contributed by atoms with Gasteiger partial charge in [0.05, 0.1) is 6.54 Å². The number of nitrogens with one attached hydrogen (secondary N) is 2. The van der Waals surface area contributed by atoms with Crippen molar-refractivity contribution in [2.24, 2.45) is 5.92 Å². The number of halogens is 3. The minimum atomic E-state index is -0.852. The minimum Gasteiger partial charge on any atom is -0.346 e. The number of anilines is 2. The Morgan fingerprint density at radius 3 is 2.52 bits per heavy atom. The molecule has 1 aliphatic rings. The van der Waals surface area contributed by atoms with E-state index in [1.54, 1.807) is 24.3 Å². The maximum Gasteiger partial charge on any atom is 0.243 e. The van der Waals surface area contributed by atoms with Crippen LogP contribution in [0.2, 0.25) is 10.0 Å². The van der Waals surface area contributed by atoms with Gasteiger partial charge in [0.15, 0.2) is 0 Å². The van der Waals surface area contributed by atoms with Gasteiger partial charge in [-0.15, -0.1) is 0 Å². The van der Waals surface area contributed by atoms with E-state index in [0.717, 1.165) is 10.0 Å². The zero-order valence-electron chi connectivity index (χ0n) is 15.5. The quantitative estimate of drug-likeness (QED) is 0.607. The SMILES string of the molecule is Cc1cc(Br)ccc1NC(=O)CNC(=O)[C@@H]1CCN(c2cc(Cl)cc(Cl)c2)C1=O. The first-order chi connectivity index (χ1) is 13.7. The lowest BCUT2D eigenvalue weighted by atomic mass is 10.1. The standard InChI is InChI=1S/C20H18BrCl2N3O3/c1-11-6-12(21)2-3-17(11)25-18(27)10-24-19(28)16-4-5-26(20(16)29)15-8-13(22)7-14(23)9-15/h2-3,6-9,16H,4-5,10H2,1H3,(H,24,28)(H,25,27)/t16-/m0/s1. The number of nitrogens with zero attached hydrogens (tertiary/aromatic N) is 1. The molecule has 1 saturated heterocycles. The maximum atomic E-state index is 12.7. The lowest BCUT2D eigenvalue weighted by Gasteiger charge is -2.17. The van der Waals surface area contributed by atoms with Crippen LogP contribution in [0.1, 0.15) is 12.0 Å². The van der Waals surface area contributed by atoms with Crippen molar-refractivity contribution in [3.8, 4) is 0 Å². The van der Waals surface area contributed by atoms with Crippen LogP contribution in [0.25, 0.3) is 0 Å². The number of rotatable bonds is 5. The lowest BCUT2D eigenvalue weighted by molar-refractivity contribution is -0.133. The van der Waals surface area contributed by atoms with Crippen LogP contribution in [0, 0.1) is 12.8 Å². The van der Waals surface area contributed by atoms with E-state index in [2.05, 4.69) is 26.6 Å². The normalized spacial score (nSPS) is 16.1. The summed E-state index contributed by atoms with van der Waals surface area (Å²) in [5.74, 6) is -2.04. The summed E-state index contributed by atoms with van der Waals surface area (Å²) in [4.78, 5) is 38.7. The van der Waals surface area contributed by atoms with Gasteiger partial charge in [0.1, 0.15) is 5.92 Å². The molecule has 0 bridgehead atoms. The van der Waals surface area contributed by atoms with Crippen molar-refractivity contribution in [3.05, 3.63) is 56.5 Å². The molecule has 9 heteroatoms. The van der Waals surface area contributed by atoms with Crippen molar-refractivity contribution in [2.45, 2.75) is 13.3 Å². The zero-order chi connectivity index (χ0) is 21.1. The van der Waals surface area contributed by atoms with Crippen molar-refractivity contribution in [1.29, 1.82) is 0 Å². The van der Waals surface area contributed by atoms with Crippen molar-refractivity contribution in [1.82, 2.24) is 5.32 Å². The fourth-order valence-corrected chi connectivity index (χ4v) is 4.12. The summed E-state index contributed by atoms with van der Waals surface area (Å²) in [5.41, 5.74) is 2.10. The first-order valence-electron chi connectivity index (χ1n) is 8.86. The minimum absolute atomic E-state index is 0.221. The van der Waals surface area contributed by atoms with Gasteiger partial charge in [-0.1, -0.05) is 39.1 Å². The smallest absolute Gasteiger partial charge is 0.243 e. The van der Waals surface area contributed by atoms with Crippen LogP contribution < -0.4 is 15.5 Å². The summed E-state index contributed by atoms with van der Waals surface area (Å²) in [6.45, 7) is 2.02. The number of carbonyl (C=O) groups excluding carboxylic acids is 3. The Morgan fingerprint density at radius 2 is 1.86 bits per heavy atom. The van der Waals surface area contributed by atoms with E-state index in [4.69, 9.17) is 23.2 Å². The second-order valence-electron chi connectivity index (χ2n) is 6.68. The molecule has 0 aromatic heterocycles. The molecule has 0 spiro atoms. The van der Waals surface area contributed by atoms with Gasteiger partial charge in [-0.25, -0.2) is 0 Å². The number of carbonyl (C=O) groups is 3. The molecule has 3 rings (SSSR count). The predicted octanol–water partition coefficient (Wildman–Crippen LogP) is 4.17. The first kappa shape index (κ1) is 21.6. The largest absolute Gasteiger partial charge is 0.346 e. The van der Waals surface area contributed by atoms with Crippen LogP contribution in [0.5, 0.6) is 0 Å². The third-order valence-corrected chi connectivity index (χ3v) is 5.50. The molecule has 0 aliphatic carbocycles. The second-order valence-corrected chi connectivity index (χ2v) is 8.47. The van der Waals surface area contributed by atoms with E-state index >= 15 is 0 Å². The van der Waals surface area contributed by atoms with Crippen molar-refractivity contribution in [3.63, 3.8) is 0 Å². The monoisotopic (exact) mass is 497 g/mol. The first-order valence-corrected chi connectivity index (χ1v) is 10.4. The topological polar surface area (TPSA) is 78.5 Å². The fraction of sp³-hybridized carbons (Fsp3) is 0.250. The molecular formula is C20H18BrCl2N3O3. The number of hydrogen-bond donors (Lipinski definition) is 2. The second kappa shape index (κ2) is 9.15. The average molecular weight is 499 g/mol. The summed E-state index contributed by atoms with van der Waals surface area (Å²) < 4.78 is 0.909. The summed E-state index contributed by atoms with van der Waals surface area (Å²) in [7, 11) is 0. The molecule has 2 aromatic carbocycles. The molecule has 1 heterocycles. The molecule has 0 saturated carbocycles. The Hall–Kier alpha value is -2.09. The van der Waals surface area contributed by atoms with Gasteiger partial charge in [-0.3, -0.25) is 14.4 Å². The van der Waals surface area contributed by atoms with E-state index in [0.29, 0.717) is 34.4 Å². The highest BCUT2D eigenvalue weighted by Gasteiger charge is 2.37. The third-order valence-electron chi connectivity index (χ3n) is 4.57. The number of hydrogen-bond acceptors (Lipinski definition) is 3. The summed E-state index contributed by atoms with van der Waals surface area (Å²) >= 11 is 15.4. The van der Waals surface area contributed by atoms with Crippen molar-refractivity contribution in [2.75, 3.05) is 23.3 Å². The molecule has 0 radical (unpaired) electrons. The number of aryl methyl sites for hydroxylation is 1. The summed E-state index contributed by atoms with van der Waals surface area (Å²) in [5, 5.41) is 6.10. The molecular weight excluding hydrogens is 481 g/mol. The molecule has 2 N–H and O–H groups in total. The number of amides is 3. The van der Waals surface area contributed by atoms with Crippen molar-refractivity contribution >= 4 is 68.2 Å². The van der Waals surface area contributed by atoms with Crippen LogP contribution in [0.3, 0.4) is 0 Å². The molecule has 152 valence electrons. The molecule has 1 fully saturated rings. The average Bonchev–Trinajstić information content (AvgIpc) is 3.03. The van der Waals surface area contributed by atoms with Gasteiger partial charge in [0, 0.05) is 32.4 Å². The highest BCUT2D eigenvalue weighted by atomic mass is 79.9. The molecule has 29 heavy (non-hydrogen) atoms. The molecule has 3 amide bonds. The van der Waals surface area contributed by atoms with Crippen LogP contribution in [-0.2, 0) is 14.4 Å². The highest BCUT2D eigenvalue weighted by Crippen LogP contribution is 2.30. The van der Waals surface area contributed by atoms with Crippen LogP contribution >= 0.6 is 39.1 Å². The van der Waals surface area contributed by atoms with Gasteiger partial charge in [-0.05, 0) is 55.3 Å². The predicted molar refractivity (Wildman–Crippen MR) is 117 cm³/mol. The Labute approximate surface area is 186 Å². The molecule has 2 aromatic rings. The van der Waals surface area contributed by atoms with Crippen LogP contribution in [0.4, 0.5) is 11.4 Å².